The molecule has 5 unspecified atom stereocenters. The molecular weight excluding hydrogens is 256 g/mol. The number of benzene rings is 1. The van der Waals surface area contributed by atoms with Crippen molar-refractivity contribution in [2.45, 2.75) is 53.1 Å². The van der Waals surface area contributed by atoms with Gasteiger partial charge >= 0.3 is 0 Å². The van der Waals surface area contributed by atoms with Gasteiger partial charge in [0, 0.05) is 0 Å². The molecule has 0 aliphatic heterocycles. The Bertz CT molecular complexity index is 485. The molecule has 0 heterocycles. The van der Waals surface area contributed by atoms with Crippen molar-refractivity contribution in [1.82, 2.24) is 0 Å². The first kappa shape index (κ1) is 15.1. The fraction of sp³-hybridized carbons (Fsp3) is 0.700. The smallest absolute Gasteiger partial charge is 0.0875 e. The quantitative estimate of drug-likeness (QED) is 0.741. The summed E-state index contributed by atoms with van der Waals surface area (Å²) in [5, 5.41) is 0. The van der Waals surface area contributed by atoms with E-state index >= 15 is 0 Å². The lowest BCUT2D eigenvalue weighted by atomic mass is 9.76. The maximum atomic E-state index is 6.38. The molecule has 1 aromatic rings. The number of fused-ring (bicyclic) bond motifs is 2. The maximum absolute atomic E-state index is 6.38. The first-order valence-electron chi connectivity index (χ1n) is 8.59. The molecule has 2 bridgehead atoms. The van der Waals surface area contributed by atoms with Gasteiger partial charge in [0.1, 0.15) is 0 Å². The average Bonchev–Trinajstić information content (AvgIpc) is 2.98. The molecule has 2 fully saturated rings. The molecule has 1 heteroatoms. The van der Waals surface area contributed by atoms with Gasteiger partial charge in [-0.15, -0.1) is 0 Å². The SMILES string of the molecule is Cc1ccc(C(C)(C)OCC2CC3CC2C(C)C3C)cc1. The van der Waals surface area contributed by atoms with Crippen LogP contribution < -0.4 is 0 Å². The van der Waals surface area contributed by atoms with Gasteiger partial charge in [-0.25, -0.2) is 0 Å². The minimum Gasteiger partial charge on any atom is -0.371 e. The molecule has 0 radical (unpaired) electrons. The van der Waals surface area contributed by atoms with Gasteiger partial charge in [0.15, 0.2) is 0 Å². The van der Waals surface area contributed by atoms with Crippen molar-refractivity contribution in [3.8, 4) is 0 Å². The van der Waals surface area contributed by atoms with E-state index in [1.807, 2.05) is 0 Å². The van der Waals surface area contributed by atoms with Gasteiger partial charge in [-0.2, -0.15) is 0 Å². The van der Waals surface area contributed by atoms with Crippen LogP contribution >= 0.6 is 0 Å². The summed E-state index contributed by atoms with van der Waals surface area (Å²) in [6.07, 6.45) is 2.83. The molecule has 1 aromatic carbocycles. The Hall–Kier alpha value is -0.820. The topological polar surface area (TPSA) is 9.23 Å². The van der Waals surface area contributed by atoms with E-state index in [1.165, 1.54) is 24.0 Å². The summed E-state index contributed by atoms with van der Waals surface area (Å²) in [7, 11) is 0. The maximum Gasteiger partial charge on any atom is 0.0875 e. The summed E-state index contributed by atoms with van der Waals surface area (Å²) in [5.74, 6) is 4.46. The van der Waals surface area contributed by atoms with Crippen molar-refractivity contribution >= 4 is 0 Å². The Morgan fingerprint density at radius 3 is 2.29 bits per heavy atom. The Kier molecular flexibility index (Phi) is 3.90. The molecule has 0 saturated heterocycles. The highest BCUT2D eigenvalue weighted by Gasteiger charge is 2.48. The van der Waals surface area contributed by atoms with Gasteiger partial charge in [-0.1, -0.05) is 43.7 Å². The summed E-state index contributed by atoms with van der Waals surface area (Å²) in [6.45, 7) is 12.4. The zero-order valence-electron chi connectivity index (χ0n) is 14.2. The molecule has 2 aliphatic carbocycles. The molecule has 21 heavy (non-hydrogen) atoms. The predicted octanol–water partition coefficient (Wildman–Crippen LogP) is 5.17. The van der Waals surface area contributed by atoms with Crippen molar-refractivity contribution < 1.29 is 4.74 Å². The Balaban J connectivity index is 1.61. The standard InChI is InChI=1S/C20H30O/c1-13-6-8-18(9-7-13)20(4,5)21-12-17-10-16-11-19(17)15(3)14(16)2/h6-9,14-17,19H,10-12H2,1-5H3. The fourth-order valence-corrected chi connectivity index (χ4v) is 4.64. The first-order chi connectivity index (χ1) is 9.88. The van der Waals surface area contributed by atoms with Crippen LogP contribution in [0.3, 0.4) is 0 Å². The van der Waals surface area contributed by atoms with E-state index in [1.54, 1.807) is 0 Å². The van der Waals surface area contributed by atoms with Crippen LogP contribution in [0.2, 0.25) is 0 Å². The van der Waals surface area contributed by atoms with E-state index in [2.05, 4.69) is 58.9 Å². The number of hydrogen-bond donors (Lipinski definition) is 0. The molecule has 3 rings (SSSR count). The minimum atomic E-state index is -0.176. The Morgan fingerprint density at radius 1 is 1.05 bits per heavy atom. The third-order valence-electron chi connectivity index (χ3n) is 6.44. The Labute approximate surface area is 130 Å². The molecule has 0 N–H and O–H groups in total. The van der Waals surface area contributed by atoms with Crippen LogP contribution in [0, 0.1) is 36.5 Å². The Morgan fingerprint density at radius 2 is 1.71 bits per heavy atom. The minimum absolute atomic E-state index is 0.176. The van der Waals surface area contributed by atoms with E-state index in [4.69, 9.17) is 4.74 Å². The van der Waals surface area contributed by atoms with Gasteiger partial charge in [-0.05, 0) is 68.8 Å². The van der Waals surface area contributed by atoms with Gasteiger partial charge in [0.05, 0.1) is 12.2 Å². The van der Waals surface area contributed by atoms with Crippen LogP contribution in [0.25, 0.3) is 0 Å². The second kappa shape index (κ2) is 5.43. The highest BCUT2D eigenvalue weighted by Crippen LogP contribution is 2.55. The van der Waals surface area contributed by atoms with E-state index in [0.29, 0.717) is 0 Å². The lowest BCUT2D eigenvalue weighted by Crippen LogP contribution is -2.31. The van der Waals surface area contributed by atoms with Crippen LogP contribution in [0.4, 0.5) is 0 Å². The second-order valence-electron chi connectivity index (χ2n) is 8.06. The van der Waals surface area contributed by atoms with E-state index < -0.39 is 0 Å². The molecule has 1 nitrogen and oxygen atoms in total. The number of ether oxygens (including phenoxy) is 1. The third-order valence-corrected chi connectivity index (χ3v) is 6.44. The molecule has 0 amide bonds. The highest BCUT2D eigenvalue weighted by molar-refractivity contribution is 5.25. The van der Waals surface area contributed by atoms with Crippen LogP contribution in [-0.4, -0.2) is 6.61 Å². The van der Waals surface area contributed by atoms with Gasteiger partial charge in [0.25, 0.3) is 0 Å². The fourth-order valence-electron chi connectivity index (χ4n) is 4.64. The van der Waals surface area contributed by atoms with Crippen molar-refractivity contribution in [1.29, 1.82) is 0 Å². The third kappa shape index (κ3) is 2.77. The van der Waals surface area contributed by atoms with Crippen molar-refractivity contribution in [3.63, 3.8) is 0 Å². The molecular formula is C20H30O. The van der Waals surface area contributed by atoms with Crippen molar-refractivity contribution in [3.05, 3.63) is 35.4 Å². The lowest BCUT2D eigenvalue weighted by molar-refractivity contribution is -0.0540. The molecule has 0 spiro atoms. The zero-order valence-corrected chi connectivity index (χ0v) is 14.2. The molecule has 2 saturated carbocycles. The van der Waals surface area contributed by atoms with E-state index in [9.17, 15) is 0 Å². The van der Waals surface area contributed by atoms with Gasteiger partial charge in [0.2, 0.25) is 0 Å². The normalized spacial score (nSPS) is 35.4. The van der Waals surface area contributed by atoms with Crippen LogP contribution in [-0.2, 0) is 10.3 Å². The van der Waals surface area contributed by atoms with Crippen molar-refractivity contribution in [2.75, 3.05) is 6.61 Å². The van der Waals surface area contributed by atoms with Crippen LogP contribution in [0.1, 0.15) is 51.7 Å². The molecule has 5 atom stereocenters. The summed E-state index contributed by atoms with van der Waals surface area (Å²) < 4.78 is 6.38. The molecule has 116 valence electrons. The summed E-state index contributed by atoms with van der Waals surface area (Å²) >= 11 is 0. The summed E-state index contributed by atoms with van der Waals surface area (Å²) in [5.41, 5.74) is 2.42. The highest BCUT2D eigenvalue weighted by atomic mass is 16.5. The van der Waals surface area contributed by atoms with Crippen molar-refractivity contribution in [2.24, 2.45) is 29.6 Å². The summed E-state index contributed by atoms with van der Waals surface area (Å²) in [4.78, 5) is 0. The van der Waals surface area contributed by atoms with Gasteiger partial charge in [-0.3, -0.25) is 0 Å². The number of aryl methyl sites for hydroxylation is 1. The molecule has 2 aliphatic rings. The monoisotopic (exact) mass is 286 g/mol. The van der Waals surface area contributed by atoms with E-state index in [0.717, 1.165) is 36.2 Å². The first-order valence-corrected chi connectivity index (χ1v) is 8.59. The van der Waals surface area contributed by atoms with Crippen LogP contribution in [0.5, 0.6) is 0 Å². The molecule has 0 aromatic heterocycles. The average molecular weight is 286 g/mol. The van der Waals surface area contributed by atoms with Crippen LogP contribution in [0.15, 0.2) is 24.3 Å². The number of hydrogen-bond acceptors (Lipinski definition) is 1. The second-order valence-corrected chi connectivity index (χ2v) is 8.06. The van der Waals surface area contributed by atoms with Gasteiger partial charge < -0.3 is 4.74 Å². The largest absolute Gasteiger partial charge is 0.371 e. The van der Waals surface area contributed by atoms with E-state index in [-0.39, 0.29) is 5.60 Å². The number of rotatable bonds is 4. The predicted molar refractivity (Wildman–Crippen MR) is 88.2 cm³/mol. The zero-order chi connectivity index (χ0) is 15.2. The summed E-state index contributed by atoms with van der Waals surface area (Å²) in [6, 6.07) is 8.78. The lowest BCUT2D eigenvalue weighted by Gasteiger charge is -2.34.